The summed E-state index contributed by atoms with van der Waals surface area (Å²) in [5, 5.41) is 3.93. The minimum Gasteiger partial charge on any atom is -0.309 e. The van der Waals surface area contributed by atoms with E-state index in [9.17, 15) is 4.39 Å². The lowest BCUT2D eigenvalue weighted by Crippen LogP contribution is -2.18. The third-order valence-electron chi connectivity index (χ3n) is 3.35. The van der Waals surface area contributed by atoms with Crippen LogP contribution in [0.25, 0.3) is 0 Å². The Morgan fingerprint density at radius 1 is 1.00 bits per heavy atom. The molecule has 0 saturated carbocycles. The Kier molecular flexibility index (Phi) is 4.23. The van der Waals surface area contributed by atoms with Gasteiger partial charge in [-0.05, 0) is 55.3 Å². The third-order valence-corrected chi connectivity index (χ3v) is 3.75. The van der Waals surface area contributed by atoms with Gasteiger partial charge in [-0.3, -0.25) is 0 Å². The molecule has 2 aromatic carbocycles. The van der Waals surface area contributed by atoms with E-state index in [-0.39, 0.29) is 11.9 Å². The van der Waals surface area contributed by atoms with Gasteiger partial charge in [0, 0.05) is 5.02 Å². The molecule has 0 aliphatic rings. The van der Waals surface area contributed by atoms with Crippen molar-refractivity contribution in [3.05, 3.63) is 69.5 Å². The lowest BCUT2D eigenvalue weighted by Gasteiger charge is -2.18. The highest BCUT2D eigenvalue weighted by molar-refractivity contribution is 6.31. The van der Waals surface area contributed by atoms with Crippen LogP contribution in [0, 0.1) is 19.7 Å². The van der Waals surface area contributed by atoms with Gasteiger partial charge in [0.05, 0.1) is 6.04 Å². The number of hydrogen-bond donors (Lipinski definition) is 1. The molecule has 0 spiro atoms. The van der Waals surface area contributed by atoms with Crippen LogP contribution in [0.4, 0.5) is 4.39 Å². The van der Waals surface area contributed by atoms with E-state index in [1.54, 1.807) is 19.1 Å². The van der Waals surface area contributed by atoms with Gasteiger partial charge in [-0.25, -0.2) is 4.39 Å². The molecule has 2 rings (SSSR count). The van der Waals surface area contributed by atoms with Crippen molar-refractivity contribution >= 4 is 11.6 Å². The minimum absolute atomic E-state index is 0.0619. The lowest BCUT2D eigenvalue weighted by atomic mass is 9.97. The molecular weight excluding hydrogens is 261 g/mol. The van der Waals surface area contributed by atoms with Crippen LogP contribution in [-0.2, 0) is 0 Å². The molecule has 0 heterocycles. The summed E-state index contributed by atoms with van der Waals surface area (Å²) < 4.78 is 13.7. The molecule has 0 aromatic heterocycles. The molecule has 0 bridgehead atoms. The first-order chi connectivity index (χ1) is 9.02. The highest BCUT2D eigenvalue weighted by atomic mass is 35.5. The largest absolute Gasteiger partial charge is 0.309 e. The second-order valence-corrected chi connectivity index (χ2v) is 5.15. The number of aryl methyl sites for hydroxylation is 2. The summed E-state index contributed by atoms with van der Waals surface area (Å²) in [5.41, 5.74) is 3.61. The van der Waals surface area contributed by atoms with E-state index in [0.29, 0.717) is 5.56 Å². The van der Waals surface area contributed by atoms with E-state index >= 15 is 0 Å². The first kappa shape index (κ1) is 14.0. The topological polar surface area (TPSA) is 12.0 Å². The van der Waals surface area contributed by atoms with Crippen molar-refractivity contribution < 1.29 is 4.39 Å². The van der Waals surface area contributed by atoms with Gasteiger partial charge < -0.3 is 5.32 Å². The van der Waals surface area contributed by atoms with Crippen LogP contribution in [0.1, 0.15) is 28.3 Å². The maximum Gasteiger partial charge on any atom is 0.126 e. The van der Waals surface area contributed by atoms with Gasteiger partial charge in [0.25, 0.3) is 0 Å². The van der Waals surface area contributed by atoms with Gasteiger partial charge >= 0.3 is 0 Å². The Bertz CT molecular complexity index is 544. The average molecular weight is 278 g/mol. The number of hydrogen-bond acceptors (Lipinski definition) is 1. The number of rotatable bonds is 3. The molecule has 0 saturated heterocycles. The summed E-state index contributed by atoms with van der Waals surface area (Å²) >= 11 is 6.16. The number of halogens is 2. The third kappa shape index (κ3) is 2.96. The quantitative estimate of drug-likeness (QED) is 0.876. The van der Waals surface area contributed by atoms with Crippen molar-refractivity contribution in [1.82, 2.24) is 5.32 Å². The molecule has 0 amide bonds. The van der Waals surface area contributed by atoms with Crippen LogP contribution in [0.2, 0.25) is 5.02 Å². The fourth-order valence-electron chi connectivity index (χ4n) is 2.10. The highest BCUT2D eigenvalue weighted by Crippen LogP contribution is 2.27. The second-order valence-electron chi connectivity index (χ2n) is 4.74. The normalized spacial score (nSPS) is 12.5. The summed E-state index contributed by atoms with van der Waals surface area (Å²) in [5.74, 6) is -0.184. The zero-order valence-corrected chi connectivity index (χ0v) is 12.1. The van der Waals surface area contributed by atoms with Crippen LogP contribution in [0.15, 0.2) is 36.4 Å². The smallest absolute Gasteiger partial charge is 0.126 e. The van der Waals surface area contributed by atoms with Crippen molar-refractivity contribution in [3.63, 3.8) is 0 Å². The van der Waals surface area contributed by atoms with E-state index in [0.717, 1.165) is 21.7 Å². The van der Waals surface area contributed by atoms with E-state index in [2.05, 4.69) is 5.32 Å². The molecule has 1 N–H and O–H groups in total. The molecule has 100 valence electrons. The molecule has 1 atom stereocenters. The summed E-state index contributed by atoms with van der Waals surface area (Å²) in [7, 11) is 1.86. The van der Waals surface area contributed by atoms with E-state index < -0.39 is 0 Å². The minimum atomic E-state index is -0.184. The van der Waals surface area contributed by atoms with Gasteiger partial charge in [-0.2, -0.15) is 0 Å². The van der Waals surface area contributed by atoms with Gasteiger partial charge in [0.15, 0.2) is 0 Å². The van der Waals surface area contributed by atoms with Crippen molar-refractivity contribution in [2.75, 3.05) is 7.05 Å². The lowest BCUT2D eigenvalue weighted by molar-refractivity contribution is 0.608. The van der Waals surface area contributed by atoms with Crippen LogP contribution in [-0.4, -0.2) is 7.05 Å². The average Bonchev–Trinajstić information content (AvgIpc) is 2.39. The highest BCUT2D eigenvalue weighted by Gasteiger charge is 2.14. The maximum atomic E-state index is 13.7. The predicted octanol–water partition coefficient (Wildman–Crippen LogP) is 4.40. The zero-order valence-electron chi connectivity index (χ0n) is 11.3. The van der Waals surface area contributed by atoms with Crippen molar-refractivity contribution in [2.24, 2.45) is 0 Å². The monoisotopic (exact) mass is 277 g/mol. The summed E-state index contributed by atoms with van der Waals surface area (Å²) in [6, 6.07) is 11.2. The van der Waals surface area contributed by atoms with E-state index in [4.69, 9.17) is 11.6 Å². The Labute approximate surface area is 118 Å². The van der Waals surface area contributed by atoms with Crippen LogP contribution in [0.3, 0.4) is 0 Å². The molecule has 0 fully saturated rings. The fourth-order valence-corrected chi connectivity index (χ4v) is 2.29. The maximum absolute atomic E-state index is 13.7. The molecule has 0 aliphatic heterocycles. The first-order valence-electron chi connectivity index (χ1n) is 6.22. The van der Waals surface area contributed by atoms with Crippen molar-refractivity contribution in [3.8, 4) is 0 Å². The van der Waals surface area contributed by atoms with E-state index in [1.807, 2.05) is 38.2 Å². The first-order valence-corrected chi connectivity index (χ1v) is 6.60. The van der Waals surface area contributed by atoms with Crippen LogP contribution < -0.4 is 5.32 Å². The summed E-state index contributed by atoms with van der Waals surface area (Å²) in [6.07, 6.45) is 0. The van der Waals surface area contributed by atoms with Crippen LogP contribution in [0.5, 0.6) is 0 Å². The van der Waals surface area contributed by atoms with Crippen LogP contribution >= 0.6 is 11.6 Å². The molecule has 0 aliphatic carbocycles. The van der Waals surface area contributed by atoms with Crippen molar-refractivity contribution in [2.45, 2.75) is 19.9 Å². The Balaban J connectivity index is 2.43. The van der Waals surface area contributed by atoms with Gasteiger partial charge in [-0.15, -0.1) is 0 Å². The molecule has 3 heteroatoms. The molecular formula is C16H17ClFN. The Hall–Kier alpha value is -1.38. The Morgan fingerprint density at radius 3 is 2.11 bits per heavy atom. The molecule has 0 radical (unpaired) electrons. The number of nitrogens with one attached hydrogen (secondary N) is 1. The standard InChI is InChI=1S/C16H17ClFN/c1-10-4-6-12(8-14(10)17)16(19-3)13-7-5-11(2)15(18)9-13/h4-9,16,19H,1-3H3. The Morgan fingerprint density at radius 2 is 1.58 bits per heavy atom. The zero-order chi connectivity index (χ0) is 14.0. The molecule has 1 unspecified atom stereocenters. The van der Waals surface area contributed by atoms with Crippen molar-refractivity contribution in [1.29, 1.82) is 0 Å². The predicted molar refractivity (Wildman–Crippen MR) is 78.2 cm³/mol. The molecule has 19 heavy (non-hydrogen) atoms. The van der Waals surface area contributed by atoms with E-state index in [1.165, 1.54) is 0 Å². The summed E-state index contributed by atoms with van der Waals surface area (Å²) in [6.45, 7) is 3.72. The van der Waals surface area contributed by atoms with Gasteiger partial charge in [0.1, 0.15) is 5.82 Å². The number of benzene rings is 2. The second kappa shape index (κ2) is 5.72. The summed E-state index contributed by atoms with van der Waals surface area (Å²) in [4.78, 5) is 0. The molecule has 1 nitrogen and oxygen atoms in total. The van der Waals surface area contributed by atoms with Gasteiger partial charge in [0.2, 0.25) is 0 Å². The van der Waals surface area contributed by atoms with Gasteiger partial charge in [-0.1, -0.05) is 35.9 Å². The molecule has 2 aromatic rings. The fraction of sp³-hybridized carbons (Fsp3) is 0.250. The SMILES string of the molecule is CNC(c1ccc(C)c(F)c1)c1ccc(C)c(Cl)c1.